The standard InChI is InChI=1S/C29H25NO4S/c1-20-25(22-8-4-3-5-9-22)17-24(35-20)19-34-27-14-12-21(16-28(27)33-2)13-15-29(32)30-26-11-7-6-10-23(26)18-31/h3-18H,19H2,1-2H3,(H,30,32)/b15-13+. The Balaban J connectivity index is 1.41. The largest absolute Gasteiger partial charge is 0.493 e. The van der Waals surface area contributed by atoms with Gasteiger partial charge in [0.1, 0.15) is 6.61 Å². The molecular weight excluding hydrogens is 458 g/mol. The number of methoxy groups -OCH3 is 1. The quantitative estimate of drug-likeness (QED) is 0.211. The number of aldehydes is 1. The van der Waals surface area contributed by atoms with E-state index in [1.165, 1.54) is 22.1 Å². The molecule has 0 atom stereocenters. The maximum Gasteiger partial charge on any atom is 0.248 e. The Morgan fingerprint density at radius 1 is 0.971 bits per heavy atom. The van der Waals surface area contributed by atoms with Crippen molar-refractivity contribution in [2.75, 3.05) is 12.4 Å². The van der Waals surface area contributed by atoms with E-state index in [-0.39, 0.29) is 5.91 Å². The summed E-state index contributed by atoms with van der Waals surface area (Å²) in [6.07, 6.45) is 3.80. The Bertz CT molecular complexity index is 1360. The van der Waals surface area contributed by atoms with E-state index in [1.807, 2.05) is 36.4 Å². The van der Waals surface area contributed by atoms with Gasteiger partial charge < -0.3 is 14.8 Å². The summed E-state index contributed by atoms with van der Waals surface area (Å²) >= 11 is 1.72. The average Bonchev–Trinajstić information content (AvgIpc) is 3.27. The summed E-state index contributed by atoms with van der Waals surface area (Å²) in [6, 6.07) is 24.8. The highest BCUT2D eigenvalue weighted by molar-refractivity contribution is 7.12. The molecule has 0 aliphatic carbocycles. The molecule has 1 heterocycles. The number of ether oxygens (including phenoxy) is 2. The van der Waals surface area contributed by atoms with Crippen molar-refractivity contribution in [2.24, 2.45) is 0 Å². The van der Waals surface area contributed by atoms with Crippen LogP contribution in [0.25, 0.3) is 17.2 Å². The summed E-state index contributed by atoms with van der Waals surface area (Å²) < 4.78 is 11.6. The van der Waals surface area contributed by atoms with Crippen LogP contribution < -0.4 is 14.8 Å². The molecule has 35 heavy (non-hydrogen) atoms. The number of benzene rings is 3. The second-order valence-corrected chi connectivity index (χ2v) is 9.12. The molecule has 0 saturated carbocycles. The number of hydrogen-bond acceptors (Lipinski definition) is 5. The Labute approximate surface area is 208 Å². The molecule has 0 aliphatic heterocycles. The Morgan fingerprint density at radius 3 is 2.51 bits per heavy atom. The molecule has 0 aliphatic rings. The molecule has 0 radical (unpaired) electrons. The van der Waals surface area contributed by atoms with Crippen LogP contribution in [0.2, 0.25) is 0 Å². The lowest BCUT2D eigenvalue weighted by Gasteiger charge is -2.10. The van der Waals surface area contributed by atoms with Crippen LogP contribution in [0.5, 0.6) is 11.5 Å². The molecule has 0 bridgehead atoms. The van der Waals surface area contributed by atoms with Crippen molar-refractivity contribution in [2.45, 2.75) is 13.5 Å². The van der Waals surface area contributed by atoms with Crippen LogP contribution in [0.4, 0.5) is 5.69 Å². The molecule has 5 nitrogen and oxygen atoms in total. The van der Waals surface area contributed by atoms with Gasteiger partial charge in [0.05, 0.1) is 12.8 Å². The van der Waals surface area contributed by atoms with Crippen molar-refractivity contribution in [1.29, 1.82) is 0 Å². The van der Waals surface area contributed by atoms with Gasteiger partial charge in [0.2, 0.25) is 5.91 Å². The number of anilines is 1. The zero-order chi connectivity index (χ0) is 24.6. The lowest BCUT2D eigenvalue weighted by Crippen LogP contribution is -2.09. The van der Waals surface area contributed by atoms with Gasteiger partial charge in [-0.3, -0.25) is 9.59 Å². The lowest BCUT2D eigenvalue weighted by atomic mass is 10.1. The van der Waals surface area contributed by atoms with Crippen molar-refractivity contribution in [3.63, 3.8) is 0 Å². The summed E-state index contributed by atoms with van der Waals surface area (Å²) in [7, 11) is 1.58. The number of carbonyl (C=O) groups excluding carboxylic acids is 2. The van der Waals surface area contributed by atoms with Crippen LogP contribution in [0.3, 0.4) is 0 Å². The Morgan fingerprint density at radius 2 is 1.74 bits per heavy atom. The van der Waals surface area contributed by atoms with Gasteiger partial charge in [-0.2, -0.15) is 0 Å². The summed E-state index contributed by atoms with van der Waals surface area (Å²) in [5, 5.41) is 2.72. The molecule has 0 unspecified atom stereocenters. The molecule has 0 spiro atoms. The summed E-state index contributed by atoms with van der Waals surface area (Å²) in [5.74, 6) is 0.873. The first-order valence-corrected chi connectivity index (χ1v) is 11.9. The molecule has 1 N–H and O–H groups in total. The van der Waals surface area contributed by atoms with Crippen molar-refractivity contribution in [1.82, 2.24) is 0 Å². The molecule has 1 aromatic heterocycles. The van der Waals surface area contributed by atoms with E-state index in [9.17, 15) is 9.59 Å². The van der Waals surface area contributed by atoms with Crippen molar-refractivity contribution in [3.05, 3.63) is 106 Å². The first-order valence-electron chi connectivity index (χ1n) is 11.1. The molecule has 3 aromatic carbocycles. The van der Waals surface area contributed by atoms with Gasteiger partial charge in [-0.25, -0.2) is 0 Å². The zero-order valence-electron chi connectivity index (χ0n) is 19.5. The number of amides is 1. The van der Waals surface area contributed by atoms with Crippen molar-refractivity contribution >= 4 is 35.3 Å². The van der Waals surface area contributed by atoms with E-state index in [0.29, 0.717) is 35.6 Å². The number of thiophene rings is 1. The normalized spacial score (nSPS) is 10.8. The maximum atomic E-state index is 12.3. The van der Waals surface area contributed by atoms with E-state index < -0.39 is 0 Å². The van der Waals surface area contributed by atoms with Gasteiger partial charge in [-0.1, -0.05) is 48.5 Å². The van der Waals surface area contributed by atoms with E-state index in [1.54, 1.807) is 48.8 Å². The highest BCUT2D eigenvalue weighted by atomic mass is 32.1. The van der Waals surface area contributed by atoms with Gasteiger partial charge in [0.25, 0.3) is 0 Å². The second-order valence-electron chi connectivity index (χ2n) is 7.78. The first-order chi connectivity index (χ1) is 17.1. The SMILES string of the molecule is COc1cc(/C=C/C(=O)Nc2ccccc2C=O)ccc1OCc1cc(-c2ccccc2)c(C)s1. The fraction of sp³-hybridized carbons (Fsp3) is 0.103. The van der Waals surface area contributed by atoms with Gasteiger partial charge in [0.15, 0.2) is 17.8 Å². The average molecular weight is 484 g/mol. The number of aryl methyl sites for hydroxylation is 1. The second kappa shape index (κ2) is 11.3. The first kappa shape index (κ1) is 24.0. The number of para-hydroxylation sites is 1. The fourth-order valence-corrected chi connectivity index (χ4v) is 4.61. The minimum absolute atomic E-state index is 0.333. The van der Waals surface area contributed by atoms with Gasteiger partial charge in [-0.05, 0) is 60.0 Å². The smallest absolute Gasteiger partial charge is 0.248 e. The molecule has 4 aromatic rings. The topological polar surface area (TPSA) is 64.6 Å². The molecule has 1 amide bonds. The fourth-order valence-electron chi connectivity index (χ4n) is 3.64. The summed E-state index contributed by atoms with van der Waals surface area (Å²) in [4.78, 5) is 25.8. The van der Waals surface area contributed by atoms with Gasteiger partial charge >= 0.3 is 0 Å². The lowest BCUT2D eigenvalue weighted by molar-refractivity contribution is -0.111. The predicted octanol–water partition coefficient (Wildman–Crippen LogP) is 6.78. The van der Waals surface area contributed by atoms with E-state index in [4.69, 9.17) is 9.47 Å². The van der Waals surface area contributed by atoms with Crippen molar-refractivity contribution < 1.29 is 19.1 Å². The van der Waals surface area contributed by atoms with E-state index >= 15 is 0 Å². The monoisotopic (exact) mass is 483 g/mol. The minimum Gasteiger partial charge on any atom is -0.493 e. The van der Waals surface area contributed by atoms with E-state index in [2.05, 4.69) is 30.4 Å². The van der Waals surface area contributed by atoms with Crippen LogP contribution in [0.15, 0.2) is 84.9 Å². The molecular formula is C29H25NO4S. The third kappa shape index (κ3) is 6.05. The van der Waals surface area contributed by atoms with Crippen molar-refractivity contribution in [3.8, 4) is 22.6 Å². The van der Waals surface area contributed by atoms with Gasteiger partial charge in [-0.15, -0.1) is 11.3 Å². The minimum atomic E-state index is -0.333. The predicted molar refractivity (Wildman–Crippen MR) is 141 cm³/mol. The third-order valence-corrected chi connectivity index (χ3v) is 6.41. The van der Waals surface area contributed by atoms with E-state index in [0.717, 1.165) is 10.4 Å². The number of carbonyl (C=O) groups is 2. The summed E-state index contributed by atoms with van der Waals surface area (Å²) in [5.41, 5.74) is 4.09. The molecule has 176 valence electrons. The molecule has 4 rings (SSSR count). The molecule has 0 fully saturated rings. The van der Waals surface area contributed by atoms with Gasteiger partial charge in [0, 0.05) is 21.4 Å². The molecule has 6 heteroatoms. The van der Waals surface area contributed by atoms with Crippen LogP contribution in [-0.2, 0) is 11.4 Å². The van der Waals surface area contributed by atoms with Crippen LogP contribution >= 0.6 is 11.3 Å². The highest BCUT2D eigenvalue weighted by Gasteiger charge is 2.10. The van der Waals surface area contributed by atoms with Crippen LogP contribution in [0, 0.1) is 6.92 Å². The highest BCUT2D eigenvalue weighted by Crippen LogP contribution is 2.33. The Hall–Kier alpha value is -4.16. The summed E-state index contributed by atoms with van der Waals surface area (Å²) in [6.45, 7) is 2.55. The number of nitrogens with one attached hydrogen (secondary N) is 1. The zero-order valence-corrected chi connectivity index (χ0v) is 20.3. The van der Waals surface area contributed by atoms with Crippen LogP contribution in [0.1, 0.15) is 25.7 Å². The number of hydrogen-bond donors (Lipinski definition) is 1. The van der Waals surface area contributed by atoms with Crippen LogP contribution in [-0.4, -0.2) is 19.3 Å². The Kier molecular flexibility index (Phi) is 7.75. The molecule has 0 saturated heterocycles. The number of rotatable bonds is 9. The third-order valence-electron chi connectivity index (χ3n) is 5.38. The maximum absolute atomic E-state index is 12.3.